The lowest BCUT2D eigenvalue weighted by atomic mass is 10.1. The number of nitro benzene ring substituents is 1. The van der Waals surface area contributed by atoms with E-state index in [2.05, 4.69) is 25.9 Å². The number of aromatic nitrogens is 3. The Balaban J connectivity index is 2.17. The van der Waals surface area contributed by atoms with Crippen LogP contribution in [0.1, 0.15) is 0 Å². The van der Waals surface area contributed by atoms with Crippen molar-refractivity contribution in [3.8, 4) is 11.3 Å². The van der Waals surface area contributed by atoms with Crippen LogP contribution in [-0.4, -0.2) is 19.3 Å². The third-order valence-corrected chi connectivity index (χ3v) is 3.78. The van der Waals surface area contributed by atoms with Crippen molar-refractivity contribution in [2.24, 2.45) is 0 Å². The van der Waals surface area contributed by atoms with Gasteiger partial charge in [-0.25, -0.2) is 9.97 Å². The minimum atomic E-state index is -0.441. The highest BCUT2D eigenvalue weighted by atomic mass is 79.9. The van der Waals surface area contributed by atoms with Gasteiger partial charge in [-0.1, -0.05) is 0 Å². The van der Waals surface area contributed by atoms with Gasteiger partial charge < -0.3 is 0 Å². The maximum Gasteiger partial charge on any atom is 0.269 e. The first-order valence-corrected chi connectivity index (χ1v) is 6.68. The van der Waals surface area contributed by atoms with Crippen LogP contribution in [0.4, 0.5) is 5.69 Å². The average molecular weight is 354 g/mol. The molecule has 20 heavy (non-hydrogen) atoms. The highest BCUT2D eigenvalue weighted by Crippen LogP contribution is 2.31. The van der Waals surface area contributed by atoms with E-state index in [1.54, 1.807) is 28.8 Å². The van der Waals surface area contributed by atoms with E-state index < -0.39 is 4.92 Å². The van der Waals surface area contributed by atoms with Crippen molar-refractivity contribution in [1.29, 1.82) is 0 Å². The minimum absolute atomic E-state index is 0.0355. The smallest absolute Gasteiger partial charge is 0.260 e. The molecule has 8 heteroatoms. The summed E-state index contributed by atoms with van der Waals surface area (Å²) in [5, 5.41) is 10.9. The first kappa shape index (κ1) is 13.0. The van der Waals surface area contributed by atoms with E-state index in [1.807, 2.05) is 0 Å². The molecule has 0 unspecified atom stereocenters. The number of benzene rings is 1. The summed E-state index contributed by atoms with van der Waals surface area (Å²) in [7, 11) is 0. The van der Waals surface area contributed by atoms with Crippen LogP contribution in [0, 0.1) is 10.1 Å². The summed E-state index contributed by atoms with van der Waals surface area (Å²) in [4.78, 5) is 18.6. The fourth-order valence-electron chi connectivity index (χ4n) is 1.85. The molecule has 0 spiro atoms. The van der Waals surface area contributed by atoms with E-state index in [9.17, 15) is 10.1 Å². The van der Waals surface area contributed by atoms with E-state index in [0.29, 0.717) is 15.9 Å². The molecule has 0 bridgehead atoms. The molecule has 6 nitrogen and oxygen atoms in total. The van der Waals surface area contributed by atoms with Gasteiger partial charge in [-0.15, -0.1) is 0 Å². The van der Waals surface area contributed by atoms with Crippen LogP contribution in [0.15, 0.2) is 41.1 Å². The molecular formula is C12H6BrClN4O2. The number of imidazole rings is 1. The number of nitrogens with zero attached hydrogens (tertiary/aromatic N) is 4. The summed E-state index contributed by atoms with van der Waals surface area (Å²) in [5.74, 6) is 0. The fourth-order valence-corrected chi connectivity index (χ4v) is 2.85. The normalized spacial score (nSPS) is 10.9. The summed E-state index contributed by atoms with van der Waals surface area (Å²) in [6.45, 7) is 0. The molecule has 100 valence electrons. The van der Waals surface area contributed by atoms with Gasteiger partial charge in [0.05, 0.1) is 4.92 Å². The second kappa shape index (κ2) is 4.84. The van der Waals surface area contributed by atoms with Crippen molar-refractivity contribution in [2.75, 3.05) is 0 Å². The van der Waals surface area contributed by atoms with Gasteiger partial charge in [0, 0.05) is 23.9 Å². The zero-order valence-electron chi connectivity index (χ0n) is 9.83. The van der Waals surface area contributed by atoms with Gasteiger partial charge >= 0.3 is 0 Å². The van der Waals surface area contributed by atoms with Gasteiger partial charge in [-0.2, -0.15) is 0 Å². The maximum atomic E-state index is 10.7. The SMILES string of the molecule is O=[N+]([O-])c1ccc(-c2nc3ccnc(Cl)n3c2Br)cc1. The monoisotopic (exact) mass is 352 g/mol. The molecular weight excluding hydrogens is 348 g/mol. The van der Waals surface area contributed by atoms with Crippen molar-refractivity contribution in [2.45, 2.75) is 0 Å². The summed E-state index contributed by atoms with van der Waals surface area (Å²) < 4.78 is 2.30. The fraction of sp³-hybridized carbons (Fsp3) is 0. The molecule has 2 aromatic heterocycles. The number of rotatable bonds is 2. The molecule has 0 amide bonds. The predicted molar refractivity (Wildman–Crippen MR) is 77.8 cm³/mol. The van der Waals surface area contributed by atoms with Crippen LogP contribution < -0.4 is 0 Å². The molecule has 3 rings (SSSR count). The van der Waals surface area contributed by atoms with Crippen molar-refractivity contribution >= 4 is 38.9 Å². The van der Waals surface area contributed by atoms with Crippen LogP contribution in [-0.2, 0) is 0 Å². The number of halogens is 2. The quantitative estimate of drug-likeness (QED) is 0.400. The number of hydrogen-bond donors (Lipinski definition) is 0. The third kappa shape index (κ3) is 2.04. The Morgan fingerprint density at radius 1 is 1.25 bits per heavy atom. The van der Waals surface area contributed by atoms with Gasteiger partial charge in [0.2, 0.25) is 5.28 Å². The van der Waals surface area contributed by atoms with Gasteiger partial charge in [0.1, 0.15) is 15.9 Å². The van der Waals surface area contributed by atoms with Crippen molar-refractivity contribution in [3.63, 3.8) is 0 Å². The summed E-state index contributed by atoms with van der Waals surface area (Å²) in [6, 6.07) is 7.89. The molecule has 0 saturated carbocycles. The molecule has 0 fully saturated rings. The van der Waals surface area contributed by atoms with Gasteiger partial charge in [0.15, 0.2) is 0 Å². The first-order chi connectivity index (χ1) is 9.58. The maximum absolute atomic E-state index is 10.7. The van der Waals surface area contributed by atoms with Crippen molar-refractivity contribution < 1.29 is 4.92 Å². The van der Waals surface area contributed by atoms with Crippen LogP contribution in [0.2, 0.25) is 5.28 Å². The Bertz CT molecular complexity index is 816. The molecule has 2 heterocycles. The van der Waals surface area contributed by atoms with Crippen LogP contribution in [0.3, 0.4) is 0 Å². The van der Waals surface area contributed by atoms with E-state index in [4.69, 9.17) is 11.6 Å². The Kier molecular flexibility index (Phi) is 3.15. The van der Waals surface area contributed by atoms with Gasteiger partial charge in [-0.3, -0.25) is 14.5 Å². The second-order valence-corrected chi connectivity index (χ2v) is 5.05. The molecule has 0 N–H and O–H groups in total. The Morgan fingerprint density at radius 3 is 2.55 bits per heavy atom. The topological polar surface area (TPSA) is 73.3 Å². The summed E-state index contributed by atoms with van der Waals surface area (Å²) in [6.07, 6.45) is 1.57. The lowest BCUT2D eigenvalue weighted by molar-refractivity contribution is -0.384. The third-order valence-electron chi connectivity index (χ3n) is 2.79. The Labute approximate surface area is 126 Å². The lowest BCUT2D eigenvalue weighted by Gasteiger charge is -1.99. The Hall–Kier alpha value is -1.99. The van der Waals surface area contributed by atoms with E-state index in [1.165, 1.54) is 12.1 Å². The molecule has 0 aliphatic rings. The number of fused-ring (bicyclic) bond motifs is 1. The Morgan fingerprint density at radius 2 is 1.95 bits per heavy atom. The molecule has 0 aliphatic heterocycles. The average Bonchev–Trinajstić information content (AvgIpc) is 2.77. The zero-order valence-corrected chi connectivity index (χ0v) is 12.2. The summed E-state index contributed by atoms with van der Waals surface area (Å²) in [5.41, 5.74) is 2.08. The highest BCUT2D eigenvalue weighted by Gasteiger charge is 2.15. The van der Waals surface area contributed by atoms with Crippen molar-refractivity contribution in [3.05, 3.63) is 56.5 Å². The summed E-state index contributed by atoms with van der Waals surface area (Å²) >= 11 is 9.45. The molecule has 1 aromatic carbocycles. The van der Waals surface area contributed by atoms with E-state index >= 15 is 0 Å². The standard InChI is InChI=1S/C12H6BrClN4O2/c13-11-10(7-1-3-8(4-2-7)18(19)20)16-9-5-6-15-12(14)17(9)11/h1-6H. The lowest BCUT2D eigenvalue weighted by Crippen LogP contribution is -1.89. The molecule has 3 aromatic rings. The number of non-ortho nitro benzene ring substituents is 1. The second-order valence-electron chi connectivity index (χ2n) is 3.96. The van der Waals surface area contributed by atoms with Crippen LogP contribution >= 0.6 is 27.5 Å². The van der Waals surface area contributed by atoms with E-state index in [-0.39, 0.29) is 11.0 Å². The zero-order chi connectivity index (χ0) is 14.3. The van der Waals surface area contributed by atoms with E-state index in [0.717, 1.165) is 5.56 Å². The largest absolute Gasteiger partial charge is 0.269 e. The molecule has 0 saturated heterocycles. The van der Waals surface area contributed by atoms with Crippen molar-refractivity contribution in [1.82, 2.24) is 14.4 Å². The number of nitro groups is 1. The first-order valence-electron chi connectivity index (χ1n) is 5.51. The molecule has 0 aliphatic carbocycles. The van der Waals surface area contributed by atoms with Gasteiger partial charge in [-0.05, 0) is 45.7 Å². The van der Waals surface area contributed by atoms with Gasteiger partial charge in [0.25, 0.3) is 5.69 Å². The molecule has 0 atom stereocenters. The number of hydrogen-bond acceptors (Lipinski definition) is 4. The predicted octanol–water partition coefficient (Wildman–Crippen LogP) is 3.72. The van der Waals surface area contributed by atoms with Crippen LogP contribution in [0.25, 0.3) is 16.9 Å². The van der Waals surface area contributed by atoms with Crippen LogP contribution in [0.5, 0.6) is 0 Å². The minimum Gasteiger partial charge on any atom is -0.260 e. The highest BCUT2D eigenvalue weighted by molar-refractivity contribution is 9.10. The molecule has 0 radical (unpaired) electrons.